The lowest BCUT2D eigenvalue weighted by Gasteiger charge is -2.34. The van der Waals surface area contributed by atoms with E-state index in [-0.39, 0.29) is 23.8 Å². The zero-order valence-electron chi connectivity index (χ0n) is 9.86. The maximum atomic E-state index is 11.5. The van der Waals surface area contributed by atoms with Gasteiger partial charge in [0.25, 0.3) is 0 Å². The average molecular weight is 230 g/mol. The fourth-order valence-electron chi connectivity index (χ4n) is 1.96. The molecule has 1 N–H and O–H groups in total. The summed E-state index contributed by atoms with van der Waals surface area (Å²) in [6, 6.07) is 0. The summed E-state index contributed by atoms with van der Waals surface area (Å²) in [4.78, 5) is 22.9. The number of hydrogen-bond donors (Lipinski definition) is 1. The van der Waals surface area contributed by atoms with Crippen LogP contribution < -0.4 is 5.43 Å². The quantitative estimate of drug-likeness (QED) is 0.653. The molecule has 6 heteroatoms. The van der Waals surface area contributed by atoms with Gasteiger partial charge in [-0.2, -0.15) is 0 Å². The summed E-state index contributed by atoms with van der Waals surface area (Å²) in [6.45, 7) is 1.10. The van der Waals surface area contributed by atoms with Crippen LogP contribution in [0.25, 0.3) is 0 Å². The zero-order chi connectivity index (χ0) is 12.1. The standard InChI is InChI=1S/C10H18N2O4/c1-11-12-5-7(9(13)15-2)4-8(6-12)10(14)16-3/h7-8,11H,4-6H2,1-3H3. The maximum Gasteiger partial charge on any atom is 0.310 e. The van der Waals surface area contributed by atoms with Crippen molar-refractivity contribution in [3.8, 4) is 0 Å². The summed E-state index contributed by atoms with van der Waals surface area (Å²) in [5, 5.41) is 1.83. The number of hydrazine groups is 1. The van der Waals surface area contributed by atoms with E-state index in [1.165, 1.54) is 14.2 Å². The first-order valence-corrected chi connectivity index (χ1v) is 5.20. The van der Waals surface area contributed by atoms with Crippen LogP contribution in [0.3, 0.4) is 0 Å². The molecule has 1 saturated heterocycles. The summed E-state index contributed by atoms with van der Waals surface area (Å²) < 4.78 is 9.40. The first-order chi connectivity index (χ1) is 7.62. The third-order valence-electron chi connectivity index (χ3n) is 2.84. The van der Waals surface area contributed by atoms with E-state index >= 15 is 0 Å². The molecule has 1 heterocycles. The Bertz CT molecular complexity index is 246. The van der Waals surface area contributed by atoms with Crippen molar-refractivity contribution in [1.82, 2.24) is 10.4 Å². The van der Waals surface area contributed by atoms with E-state index in [9.17, 15) is 9.59 Å². The Balaban J connectivity index is 2.68. The number of nitrogens with zero attached hydrogens (tertiary/aromatic N) is 1. The van der Waals surface area contributed by atoms with E-state index in [0.29, 0.717) is 19.5 Å². The Morgan fingerprint density at radius 1 is 1.12 bits per heavy atom. The molecule has 2 unspecified atom stereocenters. The van der Waals surface area contributed by atoms with Crippen LogP contribution in [0, 0.1) is 11.8 Å². The minimum atomic E-state index is -0.283. The van der Waals surface area contributed by atoms with Gasteiger partial charge in [-0.25, -0.2) is 5.01 Å². The topological polar surface area (TPSA) is 67.9 Å². The predicted molar refractivity (Wildman–Crippen MR) is 56.3 cm³/mol. The Morgan fingerprint density at radius 3 is 1.88 bits per heavy atom. The van der Waals surface area contributed by atoms with Crippen molar-refractivity contribution in [2.75, 3.05) is 34.4 Å². The largest absolute Gasteiger partial charge is 0.469 e. The van der Waals surface area contributed by atoms with Gasteiger partial charge in [0.15, 0.2) is 0 Å². The minimum absolute atomic E-state index is 0.282. The number of carbonyl (C=O) groups is 2. The van der Waals surface area contributed by atoms with Crippen molar-refractivity contribution >= 4 is 11.9 Å². The van der Waals surface area contributed by atoms with Crippen molar-refractivity contribution in [1.29, 1.82) is 0 Å². The smallest absolute Gasteiger partial charge is 0.310 e. The van der Waals surface area contributed by atoms with Crippen LogP contribution >= 0.6 is 0 Å². The highest BCUT2D eigenvalue weighted by Gasteiger charge is 2.35. The number of rotatable bonds is 3. The number of methoxy groups -OCH3 is 2. The van der Waals surface area contributed by atoms with Gasteiger partial charge in [0.1, 0.15) is 0 Å². The van der Waals surface area contributed by atoms with Crippen molar-refractivity contribution in [3.05, 3.63) is 0 Å². The van der Waals surface area contributed by atoms with E-state index < -0.39 is 0 Å². The molecule has 0 aromatic carbocycles. The molecule has 2 atom stereocenters. The van der Waals surface area contributed by atoms with Gasteiger partial charge in [-0.05, 0) is 13.5 Å². The summed E-state index contributed by atoms with van der Waals surface area (Å²) in [5.41, 5.74) is 2.94. The van der Waals surface area contributed by atoms with Crippen LogP contribution in [0.1, 0.15) is 6.42 Å². The van der Waals surface area contributed by atoms with Gasteiger partial charge >= 0.3 is 11.9 Å². The maximum absolute atomic E-state index is 11.5. The van der Waals surface area contributed by atoms with Gasteiger partial charge in [0, 0.05) is 13.1 Å². The van der Waals surface area contributed by atoms with E-state index in [1.807, 2.05) is 5.01 Å². The molecular formula is C10H18N2O4. The second-order valence-corrected chi connectivity index (χ2v) is 3.80. The van der Waals surface area contributed by atoms with Crippen LogP contribution in [0.5, 0.6) is 0 Å². The van der Waals surface area contributed by atoms with E-state index in [0.717, 1.165) is 0 Å². The molecule has 0 saturated carbocycles. The molecule has 1 fully saturated rings. The summed E-state index contributed by atoms with van der Waals surface area (Å²) in [6.07, 6.45) is 0.484. The van der Waals surface area contributed by atoms with Crippen molar-refractivity contribution in [2.45, 2.75) is 6.42 Å². The van der Waals surface area contributed by atoms with Crippen LogP contribution in [-0.4, -0.2) is 51.3 Å². The lowest BCUT2D eigenvalue weighted by molar-refractivity contribution is -0.154. The molecule has 16 heavy (non-hydrogen) atoms. The number of hydrogen-bond acceptors (Lipinski definition) is 6. The average Bonchev–Trinajstić information content (AvgIpc) is 2.35. The number of carbonyl (C=O) groups excluding carboxylic acids is 2. The highest BCUT2D eigenvalue weighted by Crippen LogP contribution is 2.22. The molecule has 0 bridgehead atoms. The first kappa shape index (κ1) is 12.9. The third kappa shape index (κ3) is 2.93. The third-order valence-corrected chi connectivity index (χ3v) is 2.84. The molecule has 0 aromatic heterocycles. The Kier molecular flexibility index (Phi) is 4.70. The Hall–Kier alpha value is -1.14. The minimum Gasteiger partial charge on any atom is -0.469 e. The Labute approximate surface area is 94.8 Å². The highest BCUT2D eigenvalue weighted by molar-refractivity contribution is 5.76. The van der Waals surface area contributed by atoms with Gasteiger partial charge < -0.3 is 9.47 Å². The second kappa shape index (κ2) is 5.81. The molecule has 1 aliphatic heterocycles. The van der Waals surface area contributed by atoms with Crippen LogP contribution in [0.4, 0.5) is 0 Å². The van der Waals surface area contributed by atoms with Crippen molar-refractivity contribution in [2.24, 2.45) is 11.8 Å². The van der Waals surface area contributed by atoms with Crippen LogP contribution in [0.15, 0.2) is 0 Å². The van der Waals surface area contributed by atoms with E-state index in [1.54, 1.807) is 7.05 Å². The van der Waals surface area contributed by atoms with E-state index in [2.05, 4.69) is 5.43 Å². The fourth-order valence-corrected chi connectivity index (χ4v) is 1.96. The summed E-state index contributed by atoms with van der Waals surface area (Å²) in [7, 11) is 4.47. The molecule has 1 rings (SSSR count). The van der Waals surface area contributed by atoms with Gasteiger partial charge in [-0.3, -0.25) is 15.0 Å². The summed E-state index contributed by atoms with van der Waals surface area (Å²) in [5.74, 6) is -1.13. The predicted octanol–water partition coefficient (Wildman–Crippen LogP) is -0.595. The Morgan fingerprint density at radius 2 is 1.56 bits per heavy atom. The molecule has 0 amide bonds. The highest BCUT2D eigenvalue weighted by atomic mass is 16.5. The second-order valence-electron chi connectivity index (χ2n) is 3.80. The monoisotopic (exact) mass is 230 g/mol. The number of nitrogens with one attached hydrogen (secondary N) is 1. The molecule has 92 valence electrons. The molecule has 0 radical (unpaired) electrons. The number of piperidine rings is 1. The molecule has 0 aliphatic carbocycles. The normalized spacial score (nSPS) is 26.2. The zero-order valence-corrected chi connectivity index (χ0v) is 9.86. The van der Waals surface area contributed by atoms with Gasteiger partial charge in [0.05, 0.1) is 26.1 Å². The van der Waals surface area contributed by atoms with Gasteiger partial charge in [-0.1, -0.05) is 0 Å². The molecule has 6 nitrogen and oxygen atoms in total. The lowest BCUT2D eigenvalue weighted by Crippen LogP contribution is -2.50. The number of ether oxygens (including phenoxy) is 2. The molecule has 1 aliphatic rings. The summed E-state index contributed by atoms with van der Waals surface area (Å²) >= 11 is 0. The van der Waals surface area contributed by atoms with Gasteiger partial charge in [-0.15, -0.1) is 0 Å². The van der Waals surface area contributed by atoms with Crippen LogP contribution in [-0.2, 0) is 19.1 Å². The molecular weight excluding hydrogens is 212 g/mol. The van der Waals surface area contributed by atoms with E-state index in [4.69, 9.17) is 9.47 Å². The molecule has 0 spiro atoms. The van der Waals surface area contributed by atoms with Crippen LogP contribution in [0.2, 0.25) is 0 Å². The fraction of sp³-hybridized carbons (Fsp3) is 0.800. The number of esters is 2. The lowest BCUT2D eigenvalue weighted by atomic mass is 9.90. The molecule has 0 aromatic rings. The first-order valence-electron chi connectivity index (χ1n) is 5.20. The van der Waals surface area contributed by atoms with Crippen molar-refractivity contribution in [3.63, 3.8) is 0 Å². The SMILES string of the molecule is CNN1CC(C(=O)OC)CC(C(=O)OC)C1. The van der Waals surface area contributed by atoms with Gasteiger partial charge in [0.2, 0.25) is 0 Å². The van der Waals surface area contributed by atoms with Crippen molar-refractivity contribution < 1.29 is 19.1 Å².